The van der Waals surface area contributed by atoms with Crippen LogP contribution in [0.1, 0.15) is 29.8 Å². The molecule has 4 nitrogen and oxygen atoms in total. The fourth-order valence-electron chi connectivity index (χ4n) is 2.53. The zero-order chi connectivity index (χ0) is 20.6. The molecule has 0 spiro atoms. The van der Waals surface area contributed by atoms with Gasteiger partial charge in [0.25, 0.3) is 0 Å². The Hall–Kier alpha value is -2.18. The van der Waals surface area contributed by atoms with Crippen LogP contribution in [0.15, 0.2) is 39.2 Å². The highest BCUT2D eigenvalue weighted by molar-refractivity contribution is 9.10. The lowest BCUT2D eigenvalue weighted by atomic mass is 10.0. The van der Waals surface area contributed by atoms with E-state index in [1.807, 2.05) is 40.1 Å². The minimum absolute atomic E-state index is 0.315. The van der Waals surface area contributed by atoms with Gasteiger partial charge in [0.05, 0.1) is 11.3 Å². The molecule has 0 radical (unpaired) electrons. The molecule has 146 valence electrons. The Labute approximate surface area is 168 Å². The first-order chi connectivity index (χ1) is 13.0. The van der Waals surface area contributed by atoms with Gasteiger partial charge in [-0.05, 0) is 66.8 Å². The summed E-state index contributed by atoms with van der Waals surface area (Å²) < 4.78 is 20.0. The first kappa shape index (κ1) is 22.9. The van der Waals surface area contributed by atoms with Crippen molar-refractivity contribution in [3.05, 3.63) is 51.7 Å². The highest BCUT2D eigenvalue weighted by Gasteiger charge is 2.18. The molecule has 0 unspecified atom stereocenters. The van der Waals surface area contributed by atoms with Crippen molar-refractivity contribution >= 4 is 38.9 Å². The molecule has 0 fully saturated rings. The number of nitrogens with one attached hydrogen (secondary N) is 2. The molecule has 2 aromatic carbocycles. The highest BCUT2D eigenvalue weighted by atomic mass is 79.9. The van der Waals surface area contributed by atoms with Crippen molar-refractivity contribution in [2.75, 3.05) is 26.5 Å². The van der Waals surface area contributed by atoms with Crippen LogP contribution in [-0.2, 0) is 0 Å². The number of aryl methyl sites for hydroxylation is 1. The molecule has 0 saturated heterocycles. The third kappa shape index (κ3) is 5.17. The summed E-state index contributed by atoms with van der Waals surface area (Å²) in [6.07, 6.45) is 0.773. The molecule has 1 aromatic heterocycles. The van der Waals surface area contributed by atoms with Gasteiger partial charge in [-0.2, -0.15) is 0 Å². The quantitative estimate of drug-likeness (QED) is 0.492. The molecule has 27 heavy (non-hydrogen) atoms. The molecular formula is C21H26BrFN2O2. The van der Waals surface area contributed by atoms with Gasteiger partial charge in [0, 0.05) is 28.5 Å². The number of carbonyl (C=O) groups excluding carboxylic acids is 1. The van der Waals surface area contributed by atoms with Gasteiger partial charge in [-0.1, -0.05) is 13.8 Å². The molecule has 0 aliphatic heterocycles. The summed E-state index contributed by atoms with van der Waals surface area (Å²) in [4.78, 5) is 11.6. The molecule has 3 aromatic rings. The van der Waals surface area contributed by atoms with Crippen LogP contribution in [0, 0.1) is 12.7 Å². The summed E-state index contributed by atoms with van der Waals surface area (Å²) in [5, 5.41) is 6.52. The Balaban J connectivity index is 0.000000665. The molecule has 0 atom stereocenters. The van der Waals surface area contributed by atoms with Crippen molar-refractivity contribution in [3.8, 4) is 11.3 Å². The monoisotopic (exact) mass is 436 g/mol. The third-order valence-electron chi connectivity index (χ3n) is 3.64. The molecule has 0 bridgehead atoms. The van der Waals surface area contributed by atoms with Crippen LogP contribution in [0.25, 0.3) is 22.3 Å². The van der Waals surface area contributed by atoms with E-state index in [0.717, 1.165) is 27.4 Å². The molecular weight excluding hydrogens is 411 g/mol. The maximum Gasteiger partial charge on any atom is 0.154 e. The topological polar surface area (TPSA) is 54.3 Å². The summed E-state index contributed by atoms with van der Waals surface area (Å²) in [6, 6.07) is 8.08. The lowest BCUT2D eigenvalue weighted by Crippen LogP contribution is -1.89. The maximum atomic E-state index is 13.3. The Morgan fingerprint density at radius 1 is 1.11 bits per heavy atom. The normalized spacial score (nSPS) is 9.78. The highest BCUT2D eigenvalue weighted by Crippen LogP contribution is 2.38. The first-order valence-electron chi connectivity index (χ1n) is 8.70. The molecule has 3 rings (SSSR count). The minimum atomic E-state index is -0.315. The van der Waals surface area contributed by atoms with E-state index in [1.165, 1.54) is 12.1 Å². The lowest BCUT2D eigenvalue weighted by Gasteiger charge is -2.03. The van der Waals surface area contributed by atoms with E-state index in [9.17, 15) is 9.18 Å². The summed E-state index contributed by atoms with van der Waals surface area (Å²) in [5.74, 6) is 0.146. The Kier molecular flexibility index (Phi) is 9.18. The fourth-order valence-corrected chi connectivity index (χ4v) is 3.07. The molecule has 1 heterocycles. The predicted molar refractivity (Wildman–Crippen MR) is 115 cm³/mol. The Morgan fingerprint density at radius 2 is 1.74 bits per heavy atom. The number of hydrogen-bond donors (Lipinski definition) is 2. The molecule has 2 N–H and O–H groups in total. The average molecular weight is 437 g/mol. The Bertz CT molecular complexity index is 907. The second-order valence-electron chi connectivity index (χ2n) is 5.50. The number of fused-ring (bicyclic) bond motifs is 1. The summed E-state index contributed by atoms with van der Waals surface area (Å²) in [5.41, 5.74) is 3.36. The summed E-state index contributed by atoms with van der Waals surface area (Å²) in [6.45, 7) is 5.79. The van der Waals surface area contributed by atoms with Gasteiger partial charge in [0.2, 0.25) is 0 Å². The van der Waals surface area contributed by atoms with Gasteiger partial charge < -0.3 is 15.1 Å². The zero-order valence-electron chi connectivity index (χ0n) is 16.5. The largest absolute Gasteiger partial charge is 0.455 e. The van der Waals surface area contributed by atoms with E-state index in [-0.39, 0.29) is 5.82 Å². The number of rotatable bonds is 3. The van der Waals surface area contributed by atoms with E-state index in [1.54, 1.807) is 20.0 Å². The number of furan rings is 1. The minimum Gasteiger partial charge on any atom is -0.455 e. The second-order valence-corrected chi connectivity index (χ2v) is 6.35. The van der Waals surface area contributed by atoms with Crippen molar-refractivity contribution in [2.24, 2.45) is 0 Å². The van der Waals surface area contributed by atoms with Crippen LogP contribution in [-0.4, -0.2) is 27.4 Å². The van der Waals surface area contributed by atoms with Crippen LogP contribution >= 0.6 is 15.9 Å². The van der Waals surface area contributed by atoms with Crippen LogP contribution in [0.2, 0.25) is 0 Å². The number of hydrogen-bond acceptors (Lipinski definition) is 4. The van der Waals surface area contributed by atoms with Crippen molar-refractivity contribution in [1.29, 1.82) is 0 Å². The van der Waals surface area contributed by atoms with Crippen LogP contribution in [0.4, 0.5) is 10.1 Å². The Morgan fingerprint density at radius 3 is 2.26 bits per heavy atom. The SMILES string of the molecule is CC.CNC.CNc1cc2oc(-c3ccc(F)cc3C)c(C=O)c2cc1Br. The number of anilines is 1. The van der Waals surface area contributed by atoms with Gasteiger partial charge in [0.1, 0.15) is 17.2 Å². The van der Waals surface area contributed by atoms with Crippen LogP contribution in [0.3, 0.4) is 0 Å². The zero-order valence-corrected chi connectivity index (χ0v) is 18.1. The van der Waals surface area contributed by atoms with E-state index >= 15 is 0 Å². The van der Waals surface area contributed by atoms with Crippen molar-refractivity contribution in [1.82, 2.24) is 5.32 Å². The van der Waals surface area contributed by atoms with Crippen LogP contribution < -0.4 is 10.6 Å². The van der Waals surface area contributed by atoms with E-state index in [0.29, 0.717) is 22.5 Å². The molecule has 0 saturated carbocycles. The number of aldehydes is 1. The van der Waals surface area contributed by atoms with E-state index in [2.05, 4.69) is 26.6 Å². The van der Waals surface area contributed by atoms with Crippen molar-refractivity contribution < 1.29 is 13.6 Å². The summed E-state index contributed by atoms with van der Waals surface area (Å²) >= 11 is 3.46. The van der Waals surface area contributed by atoms with E-state index in [4.69, 9.17) is 4.42 Å². The summed E-state index contributed by atoms with van der Waals surface area (Å²) in [7, 11) is 5.56. The fraction of sp³-hybridized carbons (Fsp3) is 0.286. The molecule has 0 amide bonds. The molecule has 6 heteroatoms. The lowest BCUT2D eigenvalue weighted by molar-refractivity contribution is 0.112. The molecule has 0 aliphatic rings. The number of carbonyl (C=O) groups is 1. The number of halogens is 2. The van der Waals surface area contributed by atoms with Gasteiger partial charge in [-0.3, -0.25) is 4.79 Å². The predicted octanol–water partition coefficient (Wildman–Crippen LogP) is 6.03. The van der Waals surface area contributed by atoms with Gasteiger partial charge in [-0.15, -0.1) is 0 Å². The van der Waals surface area contributed by atoms with Crippen LogP contribution in [0.5, 0.6) is 0 Å². The van der Waals surface area contributed by atoms with Gasteiger partial charge in [0.15, 0.2) is 6.29 Å². The first-order valence-corrected chi connectivity index (χ1v) is 9.50. The average Bonchev–Trinajstić information content (AvgIpc) is 3.00. The molecule has 0 aliphatic carbocycles. The van der Waals surface area contributed by atoms with Crippen molar-refractivity contribution in [2.45, 2.75) is 20.8 Å². The van der Waals surface area contributed by atoms with Gasteiger partial charge >= 0.3 is 0 Å². The van der Waals surface area contributed by atoms with E-state index < -0.39 is 0 Å². The third-order valence-corrected chi connectivity index (χ3v) is 4.29. The standard InChI is InChI=1S/C17H13BrFNO2.C2H7N.C2H6/c1-9-5-10(19)3-4-11(9)17-13(8-21)12-6-14(18)15(20-2)7-16(12)22-17;1-3-2;1-2/h3-8,20H,1-2H3;3H,1-2H3;1-2H3. The second kappa shape index (κ2) is 10.8. The number of benzene rings is 2. The maximum absolute atomic E-state index is 13.3. The van der Waals surface area contributed by atoms with Gasteiger partial charge in [-0.25, -0.2) is 4.39 Å². The smallest absolute Gasteiger partial charge is 0.154 e. The van der Waals surface area contributed by atoms with Crippen molar-refractivity contribution in [3.63, 3.8) is 0 Å².